The Morgan fingerprint density at radius 1 is 1.19 bits per heavy atom. The number of aliphatic imine (C=N–C) groups is 1. The lowest BCUT2D eigenvalue weighted by Gasteiger charge is -2.14. The number of benzene rings is 1. The van der Waals surface area contributed by atoms with Gasteiger partial charge in [-0.05, 0) is 30.2 Å². The third kappa shape index (κ3) is 8.53. The van der Waals surface area contributed by atoms with Gasteiger partial charge in [0.2, 0.25) is 5.88 Å². The maximum Gasteiger partial charge on any atom is 0.218 e. The summed E-state index contributed by atoms with van der Waals surface area (Å²) in [6.45, 7) is 2.12. The van der Waals surface area contributed by atoms with Crippen molar-refractivity contribution in [3.05, 3.63) is 59.5 Å². The number of aromatic nitrogens is 1. The SMILES string of the molecule is CN=C(NCCc1cccc(F)c1)NCc1cccnc1OCCOC.I. The number of rotatable bonds is 9. The van der Waals surface area contributed by atoms with Crippen LogP contribution in [0, 0.1) is 5.82 Å². The molecule has 8 heteroatoms. The molecule has 1 aromatic heterocycles. The summed E-state index contributed by atoms with van der Waals surface area (Å²) < 4.78 is 23.8. The molecule has 0 fully saturated rings. The molecule has 27 heavy (non-hydrogen) atoms. The predicted molar refractivity (Wildman–Crippen MR) is 115 cm³/mol. The Morgan fingerprint density at radius 2 is 2.04 bits per heavy atom. The van der Waals surface area contributed by atoms with Crippen molar-refractivity contribution in [1.82, 2.24) is 15.6 Å². The van der Waals surface area contributed by atoms with Gasteiger partial charge in [-0.25, -0.2) is 9.37 Å². The molecule has 0 spiro atoms. The van der Waals surface area contributed by atoms with Gasteiger partial charge in [0, 0.05) is 39.0 Å². The lowest BCUT2D eigenvalue weighted by atomic mass is 10.1. The van der Waals surface area contributed by atoms with Crippen LogP contribution in [0.25, 0.3) is 0 Å². The average Bonchev–Trinajstić information content (AvgIpc) is 2.66. The maximum absolute atomic E-state index is 13.2. The first-order valence-corrected chi connectivity index (χ1v) is 8.47. The van der Waals surface area contributed by atoms with Crippen LogP contribution in [-0.4, -0.2) is 44.9 Å². The van der Waals surface area contributed by atoms with Crippen molar-refractivity contribution in [2.45, 2.75) is 13.0 Å². The van der Waals surface area contributed by atoms with Crippen LogP contribution in [0.3, 0.4) is 0 Å². The molecule has 0 radical (unpaired) electrons. The highest BCUT2D eigenvalue weighted by Crippen LogP contribution is 2.13. The first-order valence-electron chi connectivity index (χ1n) is 8.47. The summed E-state index contributed by atoms with van der Waals surface area (Å²) in [7, 11) is 3.33. The van der Waals surface area contributed by atoms with E-state index in [0.717, 1.165) is 11.1 Å². The summed E-state index contributed by atoms with van der Waals surface area (Å²) in [5.41, 5.74) is 1.87. The van der Waals surface area contributed by atoms with Gasteiger partial charge in [-0.2, -0.15) is 0 Å². The van der Waals surface area contributed by atoms with E-state index < -0.39 is 0 Å². The number of guanidine groups is 1. The van der Waals surface area contributed by atoms with Crippen LogP contribution in [0.15, 0.2) is 47.6 Å². The minimum atomic E-state index is -0.220. The Kier molecular flexibility index (Phi) is 11.3. The van der Waals surface area contributed by atoms with Crippen LogP contribution in [0.5, 0.6) is 5.88 Å². The van der Waals surface area contributed by atoms with Crippen molar-refractivity contribution in [2.24, 2.45) is 4.99 Å². The minimum Gasteiger partial charge on any atom is -0.475 e. The second-order valence-corrected chi connectivity index (χ2v) is 5.54. The number of pyridine rings is 1. The maximum atomic E-state index is 13.2. The molecule has 0 aliphatic heterocycles. The lowest BCUT2D eigenvalue weighted by molar-refractivity contribution is 0.143. The molecule has 2 N–H and O–H groups in total. The van der Waals surface area contributed by atoms with Crippen LogP contribution >= 0.6 is 24.0 Å². The molecule has 0 aliphatic carbocycles. The van der Waals surface area contributed by atoms with Gasteiger partial charge in [0.25, 0.3) is 0 Å². The van der Waals surface area contributed by atoms with Crippen molar-refractivity contribution in [1.29, 1.82) is 0 Å². The van der Waals surface area contributed by atoms with Crippen molar-refractivity contribution < 1.29 is 13.9 Å². The van der Waals surface area contributed by atoms with Crippen molar-refractivity contribution in [3.8, 4) is 5.88 Å². The highest BCUT2D eigenvalue weighted by atomic mass is 127. The average molecular weight is 488 g/mol. The van der Waals surface area contributed by atoms with Gasteiger partial charge in [-0.1, -0.05) is 18.2 Å². The zero-order valence-corrected chi connectivity index (χ0v) is 17.9. The fourth-order valence-electron chi connectivity index (χ4n) is 2.33. The summed E-state index contributed by atoms with van der Waals surface area (Å²) in [6.07, 6.45) is 2.40. The summed E-state index contributed by atoms with van der Waals surface area (Å²) in [4.78, 5) is 8.45. The predicted octanol–water partition coefficient (Wildman–Crippen LogP) is 2.77. The first-order chi connectivity index (χ1) is 12.7. The quantitative estimate of drug-likeness (QED) is 0.246. The molecule has 0 amide bonds. The Morgan fingerprint density at radius 3 is 2.78 bits per heavy atom. The Hall–Kier alpha value is -1.94. The molecule has 2 rings (SSSR count). The van der Waals surface area contributed by atoms with Crippen molar-refractivity contribution >= 4 is 29.9 Å². The van der Waals surface area contributed by atoms with E-state index in [1.807, 2.05) is 18.2 Å². The van der Waals surface area contributed by atoms with Crippen LogP contribution < -0.4 is 15.4 Å². The molecule has 148 valence electrons. The second-order valence-electron chi connectivity index (χ2n) is 5.54. The lowest BCUT2D eigenvalue weighted by Crippen LogP contribution is -2.38. The summed E-state index contributed by atoms with van der Waals surface area (Å²) in [6, 6.07) is 10.4. The van der Waals surface area contributed by atoms with E-state index in [1.165, 1.54) is 12.1 Å². The zero-order valence-electron chi connectivity index (χ0n) is 15.6. The standard InChI is InChI=1S/C19H25FN4O2.HI/c1-21-19(23-10-8-15-5-3-7-17(20)13-15)24-14-16-6-4-9-22-18(16)26-12-11-25-2;/h3-7,9,13H,8,10-12,14H2,1-2H3,(H2,21,23,24);1H. The smallest absolute Gasteiger partial charge is 0.218 e. The van der Waals surface area contributed by atoms with Gasteiger partial charge in [0.05, 0.1) is 6.61 Å². The monoisotopic (exact) mass is 488 g/mol. The molecule has 0 saturated carbocycles. The van der Waals surface area contributed by atoms with Crippen LogP contribution in [0.1, 0.15) is 11.1 Å². The largest absolute Gasteiger partial charge is 0.475 e. The van der Waals surface area contributed by atoms with Gasteiger partial charge in [0.1, 0.15) is 12.4 Å². The normalized spacial score (nSPS) is 10.9. The number of nitrogens with zero attached hydrogens (tertiary/aromatic N) is 2. The molecular formula is C19H26FIN4O2. The van der Waals surface area contributed by atoms with Gasteiger partial charge >= 0.3 is 0 Å². The molecule has 1 aromatic carbocycles. The molecule has 0 atom stereocenters. The molecule has 0 bridgehead atoms. The molecular weight excluding hydrogens is 462 g/mol. The number of hydrogen-bond acceptors (Lipinski definition) is 4. The summed E-state index contributed by atoms with van der Waals surface area (Å²) >= 11 is 0. The summed E-state index contributed by atoms with van der Waals surface area (Å²) in [5.74, 6) is 1.02. The van der Waals surface area contributed by atoms with E-state index in [1.54, 1.807) is 26.4 Å². The van der Waals surface area contributed by atoms with Gasteiger partial charge in [-0.15, -0.1) is 24.0 Å². The zero-order chi connectivity index (χ0) is 18.6. The highest BCUT2D eigenvalue weighted by molar-refractivity contribution is 14.0. The van der Waals surface area contributed by atoms with E-state index in [4.69, 9.17) is 9.47 Å². The van der Waals surface area contributed by atoms with E-state index in [9.17, 15) is 4.39 Å². The third-order valence-corrected chi connectivity index (χ3v) is 3.64. The molecule has 0 unspecified atom stereocenters. The number of ether oxygens (including phenoxy) is 2. The van der Waals surface area contributed by atoms with Crippen molar-refractivity contribution in [2.75, 3.05) is 33.9 Å². The van der Waals surface area contributed by atoms with E-state index >= 15 is 0 Å². The fraction of sp³-hybridized carbons (Fsp3) is 0.368. The topological polar surface area (TPSA) is 67.8 Å². The number of nitrogens with one attached hydrogen (secondary N) is 2. The number of methoxy groups -OCH3 is 1. The van der Waals surface area contributed by atoms with E-state index in [-0.39, 0.29) is 29.8 Å². The van der Waals surface area contributed by atoms with Gasteiger partial charge in [0.15, 0.2) is 5.96 Å². The molecule has 0 aliphatic rings. The van der Waals surface area contributed by atoms with E-state index in [2.05, 4.69) is 20.6 Å². The van der Waals surface area contributed by atoms with Crippen LogP contribution in [0.2, 0.25) is 0 Å². The Bertz CT molecular complexity index is 716. The Balaban J connectivity index is 0.00000364. The molecule has 0 saturated heterocycles. The Labute approximate surface area is 176 Å². The number of hydrogen-bond donors (Lipinski definition) is 2. The first kappa shape index (κ1) is 23.1. The van der Waals surface area contributed by atoms with Crippen LogP contribution in [-0.2, 0) is 17.7 Å². The highest BCUT2D eigenvalue weighted by Gasteiger charge is 2.06. The minimum absolute atomic E-state index is 0. The van der Waals surface area contributed by atoms with Gasteiger partial charge < -0.3 is 20.1 Å². The third-order valence-electron chi connectivity index (χ3n) is 3.64. The van der Waals surface area contributed by atoms with E-state index in [0.29, 0.717) is 44.6 Å². The molecule has 2 aromatic rings. The fourth-order valence-corrected chi connectivity index (χ4v) is 2.33. The van der Waals surface area contributed by atoms with Crippen molar-refractivity contribution in [3.63, 3.8) is 0 Å². The number of halogens is 2. The summed E-state index contributed by atoms with van der Waals surface area (Å²) in [5, 5.41) is 6.44. The van der Waals surface area contributed by atoms with Gasteiger partial charge in [-0.3, -0.25) is 4.99 Å². The molecule has 6 nitrogen and oxygen atoms in total. The molecule has 1 heterocycles. The van der Waals surface area contributed by atoms with Crippen LogP contribution in [0.4, 0.5) is 4.39 Å². The second kappa shape index (κ2) is 13.3.